The maximum atomic E-state index is 12.0. The average Bonchev–Trinajstić information content (AvgIpc) is 3.23. The molecule has 0 spiro atoms. The van der Waals surface area contributed by atoms with Crippen molar-refractivity contribution >= 4 is 28.7 Å². The van der Waals surface area contributed by atoms with Gasteiger partial charge in [-0.15, -0.1) is 0 Å². The molecule has 3 aromatic rings. The maximum absolute atomic E-state index is 12.0. The molecule has 0 unspecified atom stereocenters. The number of nitrogens with zero attached hydrogens (tertiary/aromatic N) is 2. The number of carbonyl (C=O) groups is 2. The molecule has 0 saturated carbocycles. The van der Waals surface area contributed by atoms with Crippen LogP contribution in [-0.2, 0) is 27.4 Å². The van der Waals surface area contributed by atoms with Gasteiger partial charge in [0.1, 0.15) is 18.7 Å². The Bertz CT molecular complexity index is 1090. The molecule has 2 heterocycles. The number of rotatable bonds is 6. The third-order valence-electron chi connectivity index (χ3n) is 3.66. The standard InChI is InChI=1S/C16H12N2O9/c1-24-15(20)10-4-5-25-13(10)8-26-14(19)7-17-11-3-2-9(18(22)23)6-12(11)27-16(17)21/h2-6H,7-8H2,1H3. The topological polar surface area (TPSA) is 144 Å². The molecule has 0 N–H and O–H groups in total. The molecule has 0 saturated heterocycles. The molecule has 0 aliphatic carbocycles. The van der Waals surface area contributed by atoms with Crippen molar-refractivity contribution in [1.82, 2.24) is 4.57 Å². The first-order chi connectivity index (χ1) is 12.9. The zero-order chi connectivity index (χ0) is 19.6. The first kappa shape index (κ1) is 17.9. The summed E-state index contributed by atoms with van der Waals surface area (Å²) in [6.45, 7) is -0.829. The van der Waals surface area contributed by atoms with Crippen LogP contribution in [0, 0.1) is 10.1 Å². The number of oxazole rings is 1. The van der Waals surface area contributed by atoms with E-state index in [-0.39, 0.29) is 34.7 Å². The van der Waals surface area contributed by atoms with Gasteiger partial charge in [0.05, 0.1) is 29.9 Å². The van der Waals surface area contributed by atoms with Crippen LogP contribution >= 0.6 is 0 Å². The van der Waals surface area contributed by atoms with Gasteiger partial charge in [-0.05, 0) is 12.1 Å². The molecule has 0 radical (unpaired) electrons. The second kappa shape index (κ2) is 7.15. The number of hydrogen-bond acceptors (Lipinski definition) is 9. The van der Waals surface area contributed by atoms with E-state index >= 15 is 0 Å². The van der Waals surface area contributed by atoms with Crippen LogP contribution in [0.5, 0.6) is 0 Å². The average molecular weight is 376 g/mol. The number of hydrogen-bond donors (Lipinski definition) is 0. The minimum absolute atomic E-state index is 0.0268. The van der Waals surface area contributed by atoms with Crippen LogP contribution in [-0.4, -0.2) is 28.5 Å². The Balaban J connectivity index is 1.74. The number of non-ortho nitro benzene ring substituents is 1. The van der Waals surface area contributed by atoms with Gasteiger partial charge in [0, 0.05) is 6.07 Å². The number of furan rings is 1. The minimum atomic E-state index is -0.865. The Morgan fingerprint density at radius 2 is 2.07 bits per heavy atom. The van der Waals surface area contributed by atoms with E-state index in [1.54, 1.807) is 0 Å². The molecule has 140 valence electrons. The zero-order valence-corrected chi connectivity index (χ0v) is 13.9. The van der Waals surface area contributed by atoms with Crippen LogP contribution in [0.2, 0.25) is 0 Å². The fourth-order valence-electron chi connectivity index (χ4n) is 2.38. The summed E-state index contributed by atoms with van der Waals surface area (Å²) in [4.78, 5) is 45.6. The van der Waals surface area contributed by atoms with Crippen molar-refractivity contribution in [2.75, 3.05) is 7.11 Å². The van der Waals surface area contributed by atoms with Gasteiger partial charge in [-0.1, -0.05) is 0 Å². The highest BCUT2D eigenvalue weighted by molar-refractivity contribution is 5.90. The lowest BCUT2D eigenvalue weighted by molar-refractivity contribution is -0.384. The molecule has 11 heteroatoms. The fourth-order valence-corrected chi connectivity index (χ4v) is 2.38. The molecule has 1 aromatic carbocycles. The number of esters is 2. The van der Waals surface area contributed by atoms with Crippen molar-refractivity contribution in [3.8, 4) is 0 Å². The molecule has 0 amide bonds. The zero-order valence-electron chi connectivity index (χ0n) is 13.9. The van der Waals surface area contributed by atoms with Crippen LogP contribution in [0.15, 0.2) is 44.2 Å². The summed E-state index contributed by atoms with van der Waals surface area (Å²) in [5.41, 5.74) is 0.0412. The smallest absolute Gasteiger partial charge is 0.420 e. The summed E-state index contributed by atoms with van der Waals surface area (Å²) >= 11 is 0. The highest BCUT2D eigenvalue weighted by Crippen LogP contribution is 2.20. The van der Waals surface area contributed by atoms with Gasteiger partial charge in [0.25, 0.3) is 5.69 Å². The number of methoxy groups -OCH3 is 1. The first-order valence-electron chi connectivity index (χ1n) is 7.48. The molecule has 0 atom stereocenters. The number of benzene rings is 1. The second-order valence-corrected chi connectivity index (χ2v) is 5.27. The van der Waals surface area contributed by atoms with Gasteiger partial charge < -0.3 is 18.3 Å². The minimum Gasteiger partial charge on any atom is -0.465 e. The van der Waals surface area contributed by atoms with Crippen molar-refractivity contribution in [3.63, 3.8) is 0 Å². The Morgan fingerprint density at radius 1 is 1.30 bits per heavy atom. The van der Waals surface area contributed by atoms with Crippen LogP contribution in [0.4, 0.5) is 5.69 Å². The SMILES string of the molecule is COC(=O)c1ccoc1COC(=O)Cn1c(=O)oc2cc([N+](=O)[O-])ccc21. The van der Waals surface area contributed by atoms with Crippen LogP contribution in [0.3, 0.4) is 0 Å². The number of ether oxygens (including phenoxy) is 2. The van der Waals surface area contributed by atoms with Gasteiger partial charge in [0.2, 0.25) is 0 Å². The normalized spacial score (nSPS) is 10.7. The summed E-state index contributed by atoms with van der Waals surface area (Å²) < 4.78 is 20.6. The Hall–Kier alpha value is -3.89. The Morgan fingerprint density at radius 3 is 2.78 bits per heavy atom. The van der Waals surface area contributed by atoms with E-state index in [4.69, 9.17) is 13.6 Å². The predicted molar refractivity (Wildman–Crippen MR) is 87.0 cm³/mol. The van der Waals surface area contributed by atoms with Gasteiger partial charge in [-0.2, -0.15) is 0 Å². The second-order valence-electron chi connectivity index (χ2n) is 5.27. The number of fused-ring (bicyclic) bond motifs is 1. The summed E-state index contributed by atoms with van der Waals surface area (Å²) in [6.07, 6.45) is 1.25. The van der Waals surface area contributed by atoms with Crippen molar-refractivity contribution in [2.45, 2.75) is 13.2 Å². The molecule has 0 aliphatic heterocycles. The number of aromatic nitrogens is 1. The summed E-state index contributed by atoms with van der Waals surface area (Å²) in [7, 11) is 1.20. The van der Waals surface area contributed by atoms with E-state index in [0.29, 0.717) is 0 Å². The first-order valence-corrected chi connectivity index (χ1v) is 7.48. The van der Waals surface area contributed by atoms with Crippen LogP contribution < -0.4 is 5.76 Å². The summed E-state index contributed by atoms with van der Waals surface area (Å²) in [5.74, 6) is -2.22. The van der Waals surface area contributed by atoms with Gasteiger partial charge in [-0.25, -0.2) is 9.59 Å². The third-order valence-corrected chi connectivity index (χ3v) is 3.66. The van der Waals surface area contributed by atoms with Gasteiger partial charge >= 0.3 is 17.7 Å². The molecular formula is C16H12N2O9. The lowest BCUT2D eigenvalue weighted by atomic mass is 10.2. The van der Waals surface area contributed by atoms with Crippen molar-refractivity contribution in [2.24, 2.45) is 0 Å². The molecule has 3 rings (SSSR count). The van der Waals surface area contributed by atoms with Crippen molar-refractivity contribution < 1.29 is 32.8 Å². The molecule has 27 heavy (non-hydrogen) atoms. The molecule has 2 aromatic heterocycles. The van der Waals surface area contributed by atoms with E-state index in [0.717, 1.165) is 10.6 Å². The lowest BCUT2D eigenvalue weighted by Crippen LogP contribution is -2.21. The van der Waals surface area contributed by atoms with Crippen molar-refractivity contribution in [1.29, 1.82) is 0 Å². The molecule has 0 aliphatic rings. The van der Waals surface area contributed by atoms with Gasteiger partial charge in [0.15, 0.2) is 11.3 Å². The Kier molecular flexibility index (Phi) is 4.75. The van der Waals surface area contributed by atoms with Crippen LogP contribution in [0.1, 0.15) is 16.1 Å². The number of nitro groups is 1. The van der Waals surface area contributed by atoms with E-state index in [2.05, 4.69) is 4.74 Å². The highest BCUT2D eigenvalue weighted by atomic mass is 16.6. The number of nitro benzene ring substituents is 1. The quantitative estimate of drug-likeness (QED) is 0.356. The Labute approximate surface area is 149 Å². The van der Waals surface area contributed by atoms with E-state index in [1.165, 1.54) is 31.6 Å². The fraction of sp³-hybridized carbons (Fsp3) is 0.188. The molecular weight excluding hydrogens is 364 g/mol. The highest BCUT2D eigenvalue weighted by Gasteiger charge is 2.19. The van der Waals surface area contributed by atoms with Crippen LogP contribution in [0.25, 0.3) is 11.1 Å². The predicted octanol–water partition coefficient (Wildman–Crippen LogP) is 1.63. The molecule has 11 nitrogen and oxygen atoms in total. The summed E-state index contributed by atoms with van der Waals surface area (Å²) in [6, 6.07) is 4.94. The third kappa shape index (κ3) is 3.56. The lowest BCUT2D eigenvalue weighted by Gasteiger charge is -2.05. The van der Waals surface area contributed by atoms with Crippen molar-refractivity contribution in [3.05, 3.63) is 62.5 Å². The van der Waals surface area contributed by atoms with E-state index < -0.39 is 29.2 Å². The van der Waals surface area contributed by atoms with E-state index in [9.17, 15) is 24.5 Å². The van der Waals surface area contributed by atoms with E-state index in [1.807, 2.05) is 0 Å². The molecule has 0 bridgehead atoms. The molecule has 0 fully saturated rings. The van der Waals surface area contributed by atoms with Gasteiger partial charge in [-0.3, -0.25) is 19.5 Å². The maximum Gasteiger partial charge on any atom is 0.420 e. The number of carbonyl (C=O) groups excluding carboxylic acids is 2. The largest absolute Gasteiger partial charge is 0.465 e. The monoisotopic (exact) mass is 376 g/mol. The summed E-state index contributed by atoms with van der Waals surface area (Å²) in [5, 5.41) is 10.8.